The molecule has 1 fully saturated rings. The number of anilines is 1. The van der Waals surface area contributed by atoms with Crippen molar-refractivity contribution >= 4 is 22.6 Å². The van der Waals surface area contributed by atoms with Crippen LogP contribution in [0.2, 0.25) is 0 Å². The number of nitrogen functional groups attached to an aromatic ring is 1. The Morgan fingerprint density at radius 1 is 1.25 bits per heavy atom. The van der Waals surface area contributed by atoms with Crippen LogP contribution in [0.25, 0.3) is 10.9 Å². The lowest BCUT2D eigenvalue weighted by molar-refractivity contribution is -0.137. The number of alkyl halides is 3. The number of rotatable bonds is 6. The lowest BCUT2D eigenvalue weighted by Crippen LogP contribution is -2.36. The van der Waals surface area contributed by atoms with Gasteiger partial charge in [0.15, 0.2) is 0 Å². The van der Waals surface area contributed by atoms with Gasteiger partial charge in [0, 0.05) is 29.3 Å². The van der Waals surface area contributed by atoms with E-state index in [0.717, 1.165) is 28.8 Å². The van der Waals surface area contributed by atoms with Crippen LogP contribution in [0.4, 0.5) is 19.0 Å². The van der Waals surface area contributed by atoms with Gasteiger partial charge in [0.25, 0.3) is 5.91 Å². The van der Waals surface area contributed by atoms with Crippen LogP contribution in [0, 0.1) is 5.92 Å². The monoisotopic (exact) mass is 500 g/mol. The molecule has 0 saturated heterocycles. The topological polar surface area (TPSA) is 102 Å². The number of fused-ring (bicyclic) bond motifs is 3. The van der Waals surface area contributed by atoms with E-state index >= 15 is 0 Å². The Labute approximate surface area is 206 Å². The number of hydrogen-bond donors (Lipinski definition) is 2. The molecule has 36 heavy (non-hydrogen) atoms. The lowest BCUT2D eigenvalue weighted by Gasteiger charge is -2.33. The summed E-state index contributed by atoms with van der Waals surface area (Å²) in [4.78, 5) is 23.7. The van der Waals surface area contributed by atoms with Crippen molar-refractivity contribution in [3.05, 3.63) is 64.5 Å². The SMILES string of the molecule is C[C@@H]1OCc2c1c(N)nc1ccc(C(=O)N(CC[C@H]3C[C@@H](O)C3)Cc3ccc(C(F)(F)F)cn3)cc21. The number of nitrogens with two attached hydrogens (primary N) is 1. The van der Waals surface area contributed by atoms with E-state index in [-0.39, 0.29) is 24.7 Å². The molecule has 3 N–H and O–H groups in total. The van der Waals surface area contributed by atoms with Crippen molar-refractivity contribution in [3.8, 4) is 0 Å². The average Bonchev–Trinajstić information content (AvgIpc) is 3.22. The molecule has 3 heterocycles. The second-order valence-corrected chi connectivity index (χ2v) is 9.62. The first-order chi connectivity index (χ1) is 17.1. The number of aliphatic hydroxyl groups is 1. The molecule has 1 saturated carbocycles. The fraction of sp³-hybridized carbons (Fsp3) is 0.423. The molecule has 1 aromatic carbocycles. The maximum Gasteiger partial charge on any atom is 0.417 e. The van der Waals surface area contributed by atoms with Gasteiger partial charge in [0.1, 0.15) is 5.82 Å². The average molecular weight is 501 g/mol. The molecule has 2 aliphatic rings. The van der Waals surface area contributed by atoms with Gasteiger partial charge in [-0.15, -0.1) is 0 Å². The number of carbonyl (C=O) groups excluding carboxylic acids is 1. The number of ether oxygens (including phenoxy) is 1. The highest BCUT2D eigenvalue weighted by molar-refractivity contribution is 5.99. The summed E-state index contributed by atoms with van der Waals surface area (Å²) in [5.74, 6) is 0.469. The Morgan fingerprint density at radius 3 is 2.69 bits per heavy atom. The third-order valence-corrected chi connectivity index (χ3v) is 7.11. The van der Waals surface area contributed by atoms with E-state index in [9.17, 15) is 23.1 Å². The summed E-state index contributed by atoms with van der Waals surface area (Å²) < 4.78 is 44.6. The first kappa shape index (κ1) is 24.5. The maximum atomic E-state index is 13.6. The zero-order chi connectivity index (χ0) is 25.6. The molecule has 2 aromatic heterocycles. The van der Waals surface area contributed by atoms with Crippen LogP contribution in [0.3, 0.4) is 0 Å². The summed E-state index contributed by atoms with van der Waals surface area (Å²) in [6.07, 6.45) is -2.11. The third-order valence-electron chi connectivity index (χ3n) is 7.11. The predicted octanol–water partition coefficient (Wildman–Crippen LogP) is 4.63. The number of nitrogens with zero attached hydrogens (tertiary/aromatic N) is 3. The molecule has 7 nitrogen and oxygen atoms in total. The Kier molecular flexibility index (Phi) is 6.34. The van der Waals surface area contributed by atoms with Crippen molar-refractivity contribution in [2.24, 2.45) is 5.92 Å². The minimum absolute atomic E-state index is 0.0719. The molecule has 190 valence electrons. The van der Waals surface area contributed by atoms with Gasteiger partial charge in [-0.2, -0.15) is 13.2 Å². The van der Waals surface area contributed by atoms with E-state index < -0.39 is 11.7 Å². The second-order valence-electron chi connectivity index (χ2n) is 9.62. The predicted molar refractivity (Wildman–Crippen MR) is 127 cm³/mol. The van der Waals surface area contributed by atoms with Gasteiger partial charge in [-0.05, 0) is 68.0 Å². The van der Waals surface area contributed by atoms with E-state index in [4.69, 9.17) is 10.5 Å². The third kappa shape index (κ3) is 4.75. The first-order valence-corrected chi connectivity index (χ1v) is 11.9. The van der Waals surface area contributed by atoms with Crippen LogP contribution in [0.5, 0.6) is 0 Å². The largest absolute Gasteiger partial charge is 0.417 e. The highest BCUT2D eigenvalue weighted by Crippen LogP contribution is 2.38. The van der Waals surface area contributed by atoms with E-state index in [1.54, 1.807) is 23.1 Å². The zero-order valence-electron chi connectivity index (χ0n) is 19.8. The minimum atomic E-state index is -4.48. The van der Waals surface area contributed by atoms with Gasteiger partial charge < -0.3 is 20.5 Å². The number of aromatic nitrogens is 2. The standard InChI is InChI=1S/C26H27F3N4O3/c1-14-23-21(13-36-14)20-10-16(2-5-22(20)32-24(23)30)25(35)33(7-6-15-8-19(34)9-15)12-18-4-3-17(11-31-18)26(27,28)29/h2-5,10-11,14-15,19,34H,6-9,12-13H2,1H3,(H2,30,32)/t14-,15-,19+/m0/s1. The molecule has 0 bridgehead atoms. The fourth-order valence-corrected chi connectivity index (χ4v) is 4.99. The van der Waals surface area contributed by atoms with Gasteiger partial charge in [-0.25, -0.2) is 4.98 Å². The van der Waals surface area contributed by atoms with Crippen molar-refractivity contribution in [2.75, 3.05) is 12.3 Å². The summed E-state index contributed by atoms with van der Waals surface area (Å²) in [5.41, 5.74) is 8.52. The normalized spacial score (nSPS) is 21.3. The molecule has 10 heteroatoms. The van der Waals surface area contributed by atoms with Crippen molar-refractivity contribution in [1.82, 2.24) is 14.9 Å². The molecule has 1 amide bonds. The summed E-state index contributed by atoms with van der Waals surface area (Å²) >= 11 is 0. The summed E-state index contributed by atoms with van der Waals surface area (Å²) in [7, 11) is 0. The van der Waals surface area contributed by atoms with Crippen molar-refractivity contribution in [2.45, 2.75) is 57.7 Å². The van der Waals surface area contributed by atoms with Crippen LogP contribution >= 0.6 is 0 Å². The molecule has 1 aliphatic carbocycles. The number of halogens is 3. The van der Waals surface area contributed by atoms with Crippen LogP contribution in [-0.4, -0.2) is 38.5 Å². The number of carbonyl (C=O) groups is 1. The maximum absolute atomic E-state index is 13.6. The van der Waals surface area contributed by atoms with Crippen molar-refractivity contribution in [1.29, 1.82) is 0 Å². The van der Waals surface area contributed by atoms with Crippen LogP contribution in [-0.2, 0) is 24.1 Å². The van der Waals surface area contributed by atoms with Crippen LogP contribution < -0.4 is 5.73 Å². The van der Waals surface area contributed by atoms with Gasteiger partial charge >= 0.3 is 6.18 Å². The van der Waals surface area contributed by atoms with Gasteiger partial charge in [-0.1, -0.05) is 0 Å². The highest BCUT2D eigenvalue weighted by Gasteiger charge is 2.32. The van der Waals surface area contributed by atoms with Crippen LogP contribution in [0.15, 0.2) is 36.5 Å². The van der Waals surface area contributed by atoms with Crippen molar-refractivity contribution in [3.63, 3.8) is 0 Å². The van der Waals surface area contributed by atoms with Gasteiger partial charge in [-0.3, -0.25) is 9.78 Å². The van der Waals surface area contributed by atoms with Crippen molar-refractivity contribution < 1.29 is 27.8 Å². The first-order valence-electron chi connectivity index (χ1n) is 11.9. The molecular weight excluding hydrogens is 473 g/mol. The highest BCUT2D eigenvalue weighted by atomic mass is 19.4. The van der Waals surface area contributed by atoms with Gasteiger partial charge in [0.2, 0.25) is 0 Å². The number of amides is 1. The summed E-state index contributed by atoms with van der Waals surface area (Å²) in [6.45, 7) is 2.75. The Bertz CT molecular complexity index is 1290. The molecule has 0 spiro atoms. The Balaban J connectivity index is 1.43. The van der Waals surface area contributed by atoms with E-state index in [1.165, 1.54) is 6.07 Å². The molecule has 5 rings (SSSR count). The fourth-order valence-electron chi connectivity index (χ4n) is 4.99. The van der Waals surface area contributed by atoms with E-state index in [1.807, 2.05) is 6.92 Å². The molecular formula is C26H27F3N4O3. The quantitative estimate of drug-likeness (QED) is 0.512. The number of aliphatic hydroxyl groups excluding tert-OH is 1. The lowest BCUT2D eigenvalue weighted by atomic mass is 9.80. The summed E-state index contributed by atoms with van der Waals surface area (Å²) in [5, 5.41) is 10.4. The second kappa shape index (κ2) is 9.33. The zero-order valence-corrected chi connectivity index (χ0v) is 19.8. The van der Waals surface area contributed by atoms with E-state index in [0.29, 0.717) is 60.9 Å². The smallest absolute Gasteiger partial charge is 0.393 e. The number of benzene rings is 1. The van der Waals surface area contributed by atoms with Crippen LogP contribution in [0.1, 0.15) is 65.0 Å². The summed E-state index contributed by atoms with van der Waals surface area (Å²) in [6, 6.07) is 7.49. The molecule has 1 aliphatic heterocycles. The molecule has 1 atom stereocenters. The minimum Gasteiger partial charge on any atom is -0.393 e. The number of pyridine rings is 2. The Morgan fingerprint density at radius 2 is 2.03 bits per heavy atom. The molecule has 0 unspecified atom stereocenters. The number of hydrogen-bond acceptors (Lipinski definition) is 6. The van der Waals surface area contributed by atoms with E-state index in [2.05, 4.69) is 9.97 Å². The molecule has 0 radical (unpaired) electrons. The Hall–Kier alpha value is -3.24. The molecule has 3 aromatic rings. The van der Waals surface area contributed by atoms with Gasteiger partial charge in [0.05, 0.1) is 42.1 Å².